The second-order valence-electron chi connectivity index (χ2n) is 4.30. The van der Waals surface area contributed by atoms with E-state index in [4.69, 9.17) is 17.3 Å². The van der Waals surface area contributed by atoms with Crippen molar-refractivity contribution in [1.82, 2.24) is 0 Å². The van der Waals surface area contributed by atoms with Crippen LogP contribution in [0.5, 0.6) is 0 Å². The van der Waals surface area contributed by atoms with Crippen LogP contribution in [-0.4, -0.2) is 15.0 Å². The molecule has 4 nitrogen and oxygen atoms in total. The molecule has 0 fully saturated rings. The van der Waals surface area contributed by atoms with Gasteiger partial charge in [-0.05, 0) is 54.9 Å². The van der Waals surface area contributed by atoms with Crippen LogP contribution in [0.25, 0.3) is 0 Å². The van der Waals surface area contributed by atoms with Crippen LogP contribution in [0.1, 0.15) is 5.56 Å². The largest absolute Gasteiger partial charge is 0.330 e. The normalized spacial score (nSPS) is 11.3. The maximum Gasteiger partial charge on any atom is 0.261 e. The van der Waals surface area contributed by atoms with E-state index in [9.17, 15) is 8.42 Å². The summed E-state index contributed by atoms with van der Waals surface area (Å²) in [5.41, 5.74) is 6.94. The highest BCUT2D eigenvalue weighted by Gasteiger charge is 2.13. The molecule has 0 aliphatic carbocycles. The summed E-state index contributed by atoms with van der Waals surface area (Å²) in [5, 5.41) is 0.555. The third-order valence-electron chi connectivity index (χ3n) is 2.76. The van der Waals surface area contributed by atoms with Crippen molar-refractivity contribution < 1.29 is 8.42 Å². The van der Waals surface area contributed by atoms with Crippen molar-refractivity contribution in [1.29, 1.82) is 0 Å². The van der Waals surface area contributed by atoms with Crippen LogP contribution in [0.4, 0.5) is 5.69 Å². The van der Waals surface area contributed by atoms with Crippen molar-refractivity contribution in [2.75, 3.05) is 11.3 Å². The Bertz CT molecular complexity index is 667. The number of sulfonamides is 1. The molecule has 0 bridgehead atoms. The minimum Gasteiger partial charge on any atom is -0.330 e. The summed E-state index contributed by atoms with van der Waals surface area (Å²) in [7, 11) is -3.58. The summed E-state index contributed by atoms with van der Waals surface area (Å²) in [5.74, 6) is 0. The van der Waals surface area contributed by atoms with Crippen molar-refractivity contribution in [3.05, 3.63) is 59.1 Å². The Labute approximate surface area is 123 Å². The first-order chi connectivity index (χ1) is 9.51. The number of anilines is 1. The maximum atomic E-state index is 12.2. The summed E-state index contributed by atoms with van der Waals surface area (Å²) < 4.78 is 26.9. The van der Waals surface area contributed by atoms with Crippen LogP contribution in [0, 0.1) is 0 Å². The minimum absolute atomic E-state index is 0.216. The fourth-order valence-electron chi connectivity index (χ4n) is 1.73. The van der Waals surface area contributed by atoms with Crippen molar-refractivity contribution in [3.63, 3.8) is 0 Å². The zero-order valence-corrected chi connectivity index (χ0v) is 12.3. The van der Waals surface area contributed by atoms with Gasteiger partial charge in [-0.25, -0.2) is 8.42 Å². The van der Waals surface area contributed by atoms with E-state index in [-0.39, 0.29) is 4.90 Å². The molecule has 0 amide bonds. The number of benzene rings is 2. The molecule has 0 atom stereocenters. The third kappa shape index (κ3) is 3.72. The number of rotatable bonds is 5. The summed E-state index contributed by atoms with van der Waals surface area (Å²) in [6.45, 7) is 0.537. The first kappa shape index (κ1) is 14.8. The fourth-order valence-corrected chi connectivity index (χ4v) is 2.92. The van der Waals surface area contributed by atoms with Gasteiger partial charge in [0.25, 0.3) is 10.0 Å². The minimum atomic E-state index is -3.58. The average Bonchev–Trinajstić information content (AvgIpc) is 2.42. The van der Waals surface area contributed by atoms with Crippen LogP contribution >= 0.6 is 11.6 Å². The number of hydrogen-bond donors (Lipinski definition) is 2. The molecule has 0 aliphatic heterocycles. The van der Waals surface area contributed by atoms with E-state index in [1.54, 1.807) is 48.5 Å². The Hall–Kier alpha value is -1.56. The molecule has 0 spiro atoms. The van der Waals surface area contributed by atoms with Crippen LogP contribution in [0.15, 0.2) is 53.4 Å². The van der Waals surface area contributed by atoms with Gasteiger partial charge in [0.2, 0.25) is 0 Å². The number of hydrogen-bond acceptors (Lipinski definition) is 3. The SMILES string of the molecule is NCCc1ccc(S(=O)(=O)Nc2ccc(Cl)cc2)cc1. The Morgan fingerprint density at radius 3 is 2.15 bits per heavy atom. The van der Waals surface area contributed by atoms with Crippen LogP contribution in [0.3, 0.4) is 0 Å². The smallest absolute Gasteiger partial charge is 0.261 e. The van der Waals surface area contributed by atoms with E-state index in [0.29, 0.717) is 17.3 Å². The van der Waals surface area contributed by atoms with Crippen molar-refractivity contribution in [2.45, 2.75) is 11.3 Å². The lowest BCUT2D eigenvalue weighted by Gasteiger charge is -2.08. The summed E-state index contributed by atoms with van der Waals surface area (Å²) in [4.78, 5) is 0.216. The molecule has 0 aromatic heterocycles. The van der Waals surface area contributed by atoms with E-state index < -0.39 is 10.0 Å². The lowest BCUT2D eigenvalue weighted by atomic mass is 10.2. The Kier molecular flexibility index (Phi) is 4.65. The zero-order chi connectivity index (χ0) is 14.6. The number of nitrogens with two attached hydrogens (primary N) is 1. The van der Waals surface area contributed by atoms with Crippen LogP contribution in [0.2, 0.25) is 5.02 Å². The van der Waals surface area contributed by atoms with Crippen LogP contribution < -0.4 is 10.5 Å². The first-order valence-corrected chi connectivity index (χ1v) is 7.95. The van der Waals surface area contributed by atoms with E-state index >= 15 is 0 Å². The van der Waals surface area contributed by atoms with Gasteiger partial charge in [-0.2, -0.15) is 0 Å². The molecule has 0 saturated carbocycles. The van der Waals surface area contributed by atoms with E-state index in [1.807, 2.05) is 0 Å². The van der Waals surface area contributed by atoms with Gasteiger partial charge in [0, 0.05) is 10.7 Å². The molecule has 6 heteroatoms. The second-order valence-corrected chi connectivity index (χ2v) is 6.41. The predicted molar refractivity (Wildman–Crippen MR) is 81.5 cm³/mol. The van der Waals surface area contributed by atoms with Crippen molar-refractivity contribution in [2.24, 2.45) is 5.73 Å². The highest BCUT2D eigenvalue weighted by molar-refractivity contribution is 7.92. The lowest BCUT2D eigenvalue weighted by molar-refractivity contribution is 0.601. The molecular weight excluding hydrogens is 296 g/mol. The second kappa shape index (κ2) is 6.26. The van der Waals surface area contributed by atoms with Gasteiger partial charge < -0.3 is 5.73 Å². The fraction of sp³-hybridized carbons (Fsp3) is 0.143. The molecule has 3 N–H and O–H groups in total. The summed E-state index contributed by atoms with van der Waals surface area (Å²) >= 11 is 5.76. The average molecular weight is 311 g/mol. The molecule has 0 saturated heterocycles. The Balaban J connectivity index is 2.19. The topological polar surface area (TPSA) is 72.2 Å². The standard InChI is InChI=1S/C14H15ClN2O2S/c15-12-3-5-13(6-4-12)17-20(18,19)14-7-1-11(2-8-14)9-10-16/h1-8,17H,9-10,16H2. The molecule has 0 unspecified atom stereocenters. The Morgan fingerprint density at radius 2 is 1.60 bits per heavy atom. The van der Waals surface area contributed by atoms with Crippen molar-refractivity contribution in [3.8, 4) is 0 Å². The third-order valence-corrected chi connectivity index (χ3v) is 4.41. The quantitative estimate of drug-likeness (QED) is 0.891. The predicted octanol–water partition coefficient (Wildman–Crippen LogP) is 2.64. The lowest BCUT2D eigenvalue weighted by Crippen LogP contribution is -2.13. The van der Waals surface area contributed by atoms with Gasteiger partial charge >= 0.3 is 0 Å². The van der Waals surface area contributed by atoms with Gasteiger partial charge in [-0.1, -0.05) is 23.7 Å². The molecule has 0 radical (unpaired) electrons. The number of nitrogens with one attached hydrogen (secondary N) is 1. The van der Waals surface area contributed by atoms with Gasteiger partial charge in [-0.3, -0.25) is 4.72 Å². The first-order valence-electron chi connectivity index (χ1n) is 6.09. The van der Waals surface area contributed by atoms with Gasteiger partial charge in [0.1, 0.15) is 0 Å². The molecule has 2 aromatic carbocycles. The highest BCUT2D eigenvalue weighted by atomic mass is 35.5. The van der Waals surface area contributed by atoms with Crippen molar-refractivity contribution >= 4 is 27.3 Å². The Morgan fingerprint density at radius 1 is 1.00 bits per heavy atom. The monoisotopic (exact) mass is 310 g/mol. The van der Waals surface area contributed by atoms with Gasteiger partial charge in [0.15, 0.2) is 0 Å². The summed E-state index contributed by atoms with van der Waals surface area (Å²) in [6, 6.07) is 13.2. The molecule has 0 heterocycles. The summed E-state index contributed by atoms with van der Waals surface area (Å²) in [6.07, 6.45) is 0.727. The molecular formula is C14H15ClN2O2S. The molecule has 0 aliphatic rings. The van der Waals surface area contributed by atoms with Crippen LogP contribution in [-0.2, 0) is 16.4 Å². The van der Waals surface area contributed by atoms with Gasteiger partial charge in [0.05, 0.1) is 4.90 Å². The van der Waals surface area contributed by atoms with E-state index in [2.05, 4.69) is 4.72 Å². The number of halogens is 1. The van der Waals surface area contributed by atoms with E-state index in [1.165, 1.54) is 0 Å². The maximum absolute atomic E-state index is 12.2. The van der Waals surface area contributed by atoms with Gasteiger partial charge in [-0.15, -0.1) is 0 Å². The van der Waals surface area contributed by atoms with E-state index in [0.717, 1.165) is 12.0 Å². The molecule has 2 aromatic rings. The molecule has 106 valence electrons. The highest BCUT2D eigenvalue weighted by Crippen LogP contribution is 2.18. The molecule has 20 heavy (non-hydrogen) atoms. The zero-order valence-electron chi connectivity index (χ0n) is 10.7. The molecule has 2 rings (SSSR count).